The van der Waals surface area contributed by atoms with Crippen LogP contribution in [0.2, 0.25) is 0 Å². The maximum atomic E-state index is 12.3. The molecule has 0 saturated heterocycles. The summed E-state index contributed by atoms with van der Waals surface area (Å²) >= 11 is 0. The molecule has 1 atom stereocenters. The molecule has 1 fully saturated rings. The Morgan fingerprint density at radius 3 is 2.80 bits per heavy atom. The molecule has 1 amide bonds. The third-order valence-electron chi connectivity index (χ3n) is 3.28. The van der Waals surface area contributed by atoms with E-state index in [0.29, 0.717) is 29.0 Å². The molecule has 1 aromatic carbocycles. The van der Waals surface area contributed by atoms with Gasteiger partial charge in [-0.3, -0.25) is 9.00 Å². The third kappa shape index (κ3) is 3.50. The van der Waals surface area contributed by atoms with Crippen molar-refractivity contribution in [3.8, 4) is 5.75 Å². The fraction of sp³-hybridized carbons (Fsp3) is 0.500. The maximum absolute atomic E-state index is 12.3. The summed E-state index contributed by atoms with van der Waals surface area (Å²) in [4.78, 5) is 14.1. The molecule has 0 bridgehead atoms. The molecule has 0 aromatic heterocycles. The van der Waals surface area contributed by atoms with Gasteiger partial charge in [0, 0.05) is 18.8 Å². The summed E-state index contributed by atoms with van der Waals surface area (Å²) in [7, 11) is 0.317. The van der Waals surface area contributed by atoms with Gasteiger partial charge in [0.2, 0.25) is 5.91 Å². The van der Waals surface area contributed by atoms with Crippen molar-refractivity contribution >= 4 is 22.4 Å². The van der Waals surface area contributed by atoms with Crippen LogP contribution in [-0.2, 0) is 15.6 Å². The summed E-state index contributed by atoms with van der Waals surface area (Å²) in [6.07, 6.45) is 2.08. The highest BCUT2D eigenvalue weighted by molar-refractivity contribution is 7.86. The zero-order valence-corrected chi connectivity index (χ0v) is 12.6. The van der Waals surface area contributed by atoms with Gasteiger partial charge in [0.15, 0.2) is 0 Å². The van der Waals surface area contributed by atoms with Crippen LogP contribution in [0.4, 0.5) is 5.69 Å². The topological polar surface area (TPSA) is 72.6 Å². The smallest absolute Gasteiger partial charge is 0.235 e. The van der Waals surface area contributed by atoms with E-state index >= 15 is 0 Å². The number of hydrogen-bond donors (Lipinski definition) is 1. The largest absolute Gasteiger partial charge is 0.494 e. The van der Waals surface area contributed by atoms with E-state index in [2.05, 4.69) is 0 Å². The molecule has 5 nitrogen and oxygen atoms in total. The van der Waals surface area contributed by atoms with Crippen molar-refractivity contribution in [3.63, 3.8) is 0 Å². The quantitative estimate of drug-likeness (QED) is 0.805. The highest BCUT2D eigenvalue weighted by atomic mass is 32.2. The number of carbonyl (C=O) groups excluding carboxylic acids is 1. The highest BCUT2D eigenvalue weighted by Gasteiger charge is 2.30. The normalized spacial score (nSPS) is 15.7. The molecule has 2 N–H and O–H groups in total. The lowest BCUT2D eigenvalue weighted by Crippen LogP contribution is -2.32. The van der Waals surface area contributed by atoms with Crippen molar-refractivity contribution in [3.05, 3.63) is 18.2 Å². The first-order valence-electron chi connectivity index (χ1n) is 6.69. The van der Waals surface area contributed by atoms with E-state index in [1.807, 2.05) is 6.92 Å². The summed E-state index contributed by atoms with van der Waals surface area (Å²) in [5.41, 5.74) is 6.26. The van der Waals surface area contributed by atoms with Crippen LogP contribution in [0.5, 0.6) is 5.75 Å². The second kappa shape index (κ2) is 6.26. The standard InChI is InChI=1S/C14H20N2O3S/c1-3-19-11-6-7-12(15)13(8-11)20(18)9-14(17)16(2)10-4-5-10/h6-8,10H,3-5,9,15H2,1-2H3. The van der Waals surface area contributed by atoms with Crippen LogP contribution in [0.3, 0.4) is 0 Å². The van der Waals surface area contributed by atoms with Crippen LogP contribution in [0, 0.1) is 0 Å². The average molecular weight is 296 g/mol. The number of rotatable bonds is 6. The number of anilines is 1. The van der Waals surface area contributed by atoms with E-state index in [9.17, 15) is 9.00 Å². The molecule has 20 heavy (non-hydrogen) atoms. The van der Waals surface area contributed by atoms with Crippen LogP contribution in [0.1, 0.15) is 19.8 Å². The van der Waals surface area contributed by atoms with Crippen molar-refractivity contribution in [2.24, 2.45) is 0 Å². The summed E-state index contributed by atoms with van der Waals surface area (Å²) in [5.74, 6) is 0.479. The molecule has 2 rings (SSSR count). The van der Waals surface area contributed by atoms with Crippen molar-refractivity contribution in [2.75, 3.05) is 25.1 Å². The van der Waals surface area contributed by atoms with Crippen molar-refractivity contribution in [1.29, 1.82) is 0 Å². The molecule has 0 heterocycles. The maximum Gasteiger partial charge on any atom is 0.235 e. The molecule has 110 valence electrons. The van der Waals surface area contributed by atoms with Crippen molar-refractivity contribution in [1.82, 2.24) is 4.90 Å². The van der Waals surface area contributed by atoms with Gasteiger partial charge in [-0.2, -0.15) is 0 Å². The molecule has 1 aliphatic carbocycles. The molecule has 1 aromatic rings. The van der Waals surface area contributed by atoms with Gasteiger partial charge in [-0.15, -0.1) is 0 Å². The molecule has 6 heteroatoms. The van der Waals surface area contributed by atoms with Gasteiger partial charge in [-0.1, -0.05) is 0 Å². The zero-order valence-electron chi connectivity index (χ0n) is 11.8. The summed E-state index contributed by atoms with van der Waals surface area (Å²) in [5, 5.41) is 0. The van der Waals surface area contributed by atoms with Crippen LogP contribution in [-0.4, -0.2) is 40.5 Å². The van der Waals surface area contributed by atoms with Crippen LogP contribution in [0.15, 0.2) is 23.1 Å². The van der Waals surface area contributed by atoms with Crippen molar-refractivity contribution < 1.29 is 13.7 Å². The van der Waals surface area contributed by atoms with Gasteiger partial charge in [0.05, 0.1) is 22.3 Å². The van der Waals surface area contributed by atoms with Gasteiger partial charge in [-0.25, -0.2) is 0 Å². The van der Waals surface area contributed by atoms with Crippen molar-refractivity contribution in [2.45, 2.75) is 30.7 Å². The first-order chi connectivity index (χ1) is 9.52. The summed E-state index contributed by atoms with van der Waals surface area (Å²) < 4.78 is 17.7. The predicted molar refractivity (Wildman–Crippen MR) is 79.1 cm³/mol. The number of nitrogens with zero attached hydrogens (tertiary/aromatic N) is 1. The van der Waals surface area contributed by atoms with E-state index in [1.165, 1.54) is 0 Å². The van der Waals surface area contributed by atoms with Gasteiger partial charge in [-0.05, 0) is 38.0 Å². The minimum atomic E-state index is -1.44. The van der Waals surface area contributed by atoms with Crippen LogP contribution < -0.4 is 10.5 Å². The Labute approximate surface area is 121 Å². The molecule has 1 unspecified atom stereocenters. The first kappa shape index (κ1) is 14.8. The number of carbonyl (C=O) groups is 1. The van der Waals surface area contributed by atoms with Gasteiger partial charge in [0.25, 0.3) is 0 Å². The Kier molecular flexibility index (Phi) is 4.65. The lowest BCUT2D eigenvalue weighted by molar-refractivity contribution is -0.127. The second-order valence-electron chi connectivity index (χ2n) is 4.86. The minimum absolute atomic E-state index is 0.0349. The van der Waals surface area contributed by atoms with E-state index < -0.39 is 10.8 Å². The van der Waals surface area contributed by atoms with E-state index in [1.54, 1.807) is 30.1 Å². The molecule has 1 aliphatic rings. The molecular formula is C14H20N2O3S. The first-order valence-corrected chi connectivity index (χ1v) is 8.01. The van der Waals surface area contributed by atoms with E-state index in [0.717, 1.165) is 12.8 Å². The minimum Gasteiger partial charge on any atom is -0.494 e. The van der Waals surface area contributed by atoms with Crippen LogP contribution in [0.25, 0.3) is 0 Å². The molecule has 0 radical (unpaired) electrons. The number of hydrogen-bond acceptors (Lipinski definition) is 4. The Morgan fingerprint density at radius 2 is 2.20 bits per heavy atom. The van der Waals surface area contributed by atoms with Crippen LogP contribution >= 0.6 is 0 Å². The Morgan fingerprint density at radius 1 is 1.50 bits per heavy atom. The number of ether oxygens (including phenoxy) is 1. The number of benzene rings is 1. The number of amides is 1. The zero-order chi connectivity index (χ0) is 14.7. The van der Waals surface area contributed by atoms with E-state index in [4.69, 9.17) is 10.5 Å². The fourth-order valence-corrected chi connectivity index (χ4v) is 3.09. The fourth-order valence-electron chi connectivity index (χ4n) is 1.93. The van der Waals surface area contributed by atoms with Gasteiger partial charge in [0.1, 0.15) is 11.5 Å². The number of nitrogen functional groups attached to an aromatic ring is 1. The summed E-state index contributed by atoms with van der Waals surface area (Å²) in [6.45, 7) is 2.40. The van der Waals surface area contributed by atoms with E-state index in [-0.39, 0.29) is 11.7 Å². The monoisotopic (exact) mass is 296 g/mol. The Hall–Kier alpha value is -1.56. The summed E-state index contributed by atoms with van der Waals surface area (Å²) in [6, 6.07) is 5.37. The predicted octanol–water partition coefficient (Wildman–Crippen LogP) is 1.40. The molecule has 0 spiro atoms. The third-order valence-corrected chi connectivity index (χ3v) is 4.64. The Balaban J connectivity index is 2.07. The lowest BCUT2D eigenvalue weighted by atomic mass is 10.3. The molecule has 1 saturated carbocycles. The molecule has 0 aliphatic heterocycles. The average Bonchev–Trinajstić information content (AvgIpc) is 3.24. The molecular weight excluding hydrogens is 276 g/mol. The highest BCUT2D eigenvalue weighted by Crippen LogP contribution is 2.27. The van der Waals surface area contributed by atoms with Gasteiger partial charge >= 0.3 is 0 Å². The Bertz CT molecular complexity index is 529. The van der Waals surface area contributed by atoms with Gasteiger partial charge < -0.3 is 15.4 Å². The SMILES string of the molecule is CCOc1ccc(N)c(S(=O)CC(=O)N(C)C2CC2)c1. The lowest BCUT2D eigenvalue weighted by Gasteiger charge is -2.16. The second-order valence-corrected chi connectivity index (χ2v) is 6.28. The number of nitrogens with two attached hydrogens (primary N) is 1.